The Bertz CT molecular complexity index is 1290. The van der Waals surface area contributed by atoms with Gasteiger partial charge in [-0.3, -0.25) is 19.2 Å². The summed E-state index contributed by atoms with van der Waals surface area (Å²) < 4.78 is 35.9. The van der Waals surface area contributed by atoms with E-state index >= 15 is 0 Å². The van der Waals surface area contributed by atoms with E-state index in [-0.39, 0.29) is 37.4 Å². The van der Waals surface area contributed by atoms with Crippen LogP contribution in [0.25, 0.3) is 0 Å². The van der Waals surface area contributed by atoms with Crippen molar-refractivity contribution in [1.29, 1.82) is 0 Å². The number of likely N-dealkylation sites (N-methyl/N-ethyl adjacent to an activating group) is 2. The predicted octanol–water partition coefficient (Wildman–Crippen LogP) is -4.94. The van der Waals surface area contributed by atoms with Crippen molar-refractivity contribution in [1.82, 2.24) is 30.6 Å². The van der Waals surface area contributed by atoms with Crippen LogP contribution in [0.1, 0.15) is 12.8 Å². The van der Waals surface area contributed by atoms with Crippen LogP contribution < -0.4 is 22.1 Å². The van der Waals surface area contributed by atoms with Crippen LogP contribution in [0.3, 0.4) is 0 Å². The zero-order valence-corrected chi connectivity index (χ0v) is 23.5. The molecule has 236 valence electrons. The number of carbonyl (C=O) groups excluding carboxylic acids is 6. The summed E-state index contributed by atoms with van der Waals surface area (Å²) in [6, 6.07) is -7.11. The lowest BCUT2D eigenvalue weighted by molar-refractivity contribution is -0.126. The average Bonchev–Trinajstić information content (AvgIpc) is 3.36. The molecule has 4 aliphatic heterocycles. The highest BCUT2D eigenvalue weighted by molar-refractivity contribution is 7.81. The molecule has 8 amide bonds. The SMILES string of the molecule is CNC(=O)CO/N=C1\C[C@@H](C(N)=O)N2C[C@@H]1N(OS(=O)(=O)ON1C(=O)N3C[C@H]1/C(=N/OCC(=O)NC)C[C@H]3C(N)=O)C2=O. The van der Waals surface area contributed by atoms with Crippen molar-refractivity contribution < 1.29 is 55.4 Å². The van der Waals surface area contributed by atoms with Gasteiger partial charge in [0, 0.05) is 26.9 Å². The number of nitrogens with zero attached hydrogens (tertiary/aromatic N) is 6. The Morgan fingerprint density at radius 3 is 1.49 bits per heavy atom. The minimum absolute atomic E-state index is 0.0452. The maximum absolute atomic E-state index is 13.0. The van der Waals surface area contributed by atoms with Gasteiger partial charge >= 0.3 is 22.5 Å². The zero-order chi connectivity index (χ0) is 31.6. The summed E-state index contributed by atoms with van der Waals surface area (Å²) in [5.41, 5.74) is 10.7. The number of primary amides is 2. The van der Waals surface area contributed by atoms with E-state index < -0.39 is 83.5 Å². The number of nitrogens with one attached hydrogen (secondary N) is 2. The van der Waals surface area contributed by atoms with Crippen molar-refractivity contribution in [2.24, 2.45) is 21.8 Å². The number of nitrogens with two attached hydrogens (primary N) is 2. The molecular weight excluding hydrogens is 604 g/mol. The summed E-state index contributed by atoms with van der Waals surface area (Å²) in [5.74, 6) is -2.94. The first-order chi connectivity index (χ1) is 20.3. The first-order valence-corrected chi connectivity index (χ1v) is 13.8. The van der Waals surface area contributed by atoms with Gasteiger partial charge in [0.2, 0.25) is 11.8 Å². The Hall–Kier alpha value is -4.77. The molecule has 4 fully saturated rings. The van der Waals surface area contributed by atoms with Crippen molar-refractivity contribution in [3.8, 4) is 0 Å². The molecule has 0 radical (unpaired) electrons. The molecule has 22 nitrogen and oxygen atoms in total. The molecule has 4 saturated heterocycles. The summed E-state index contributed by atoms with van der Waals surface area (Å²) in [5, 5.41) is 12.8. The normalized spacial score (nSPS) is 26.7. The Kier molecular flexibility index (Phi) is 8.86. The first kappa shape index (κ1) is 31.2. The number of rotatable bonds is 12. The van der Waals surface area contributed by atoms with Crippen molar-refractivity contribution >= 4 is 57.5 Å². The third kappa shape index (κ3) is 6.36. The second-order valence-electron chi connectivity index (χ2n) is 9.41. The summed E-state index contributed by atoms with van der Waals surface area (Å²) in [7, 11) is -2.58. The smallest absolute Gasteiger partial charge is 0.386 e. The third-order valence-corrected chi connectivity index (χ3v) is 7.50. The molecule has 43 heavy (non-hydrogen) atoms. The molecule has 0 unspecified atom stereocenters. The molecule has 0 aromatic heterocycles. The van der Waals surface area contributed by atoms with Crippen LogP contribution in [-0.2, 0) is 47.8 Å². The van der Waals surface area contributed by atoms with Gasteiger partial charge in [-0.25, -0.2) is 9.59 Å². The van der Waals surface area contributed by atoms with Gasteiger partial charge in [0.1, 0.15) is 24.2 Å². The van der Waals surface area contributed by atoms with Crippen LogP contribution in [0.15, 0.2) is 10.3 Å². The van der Waals surface area contributed by atoms with E-state index in [2.05, 4.69) is 20.9 Å². The van der Waals surface area contributed by atoms with Crippen molar-refractivity contribution in [2.75, 3.05) is 40.4 Å². The Morgan fingerprint density at radius 1 is 0.791 bits per heavy atom. The Labute approximate surface area is 243 Å². The van der Waals surface area contributed by atoms with E-state index in [1.54, 1.807) is 0 Å². The minimum atomic E-state index is -5.29. The van der Waals surface area contributed by atoms with Crippen LogP contribution in [0, 0.1) is 0 Å². The van der Waals surface area contributed by atoms with Crippen molar-refractivity contribution in [2.45, 2.75) is 37.0 Å². The fourth-order valence-corrected chi connectivity index (χ4v) is 5.42. The molecular formula is C20H28N10O12S. The van der Waals surface area contributed by atoms with Gasteiger partial charge in [0.25, 0.3) is 11.8 Å². The number of carbonyl (C=O) groups is 6. The summed E-state index contributed by atoms with van der Waals surface area (Å²) in [6.45, 7) is -1.62. The van der Waals surface area contributed by atoms with Gasteiger partial charge in [0.15, 0.2) is 13.2 Å². The lowest BCUT2D eigenvalue weighted by atomic mass is 9.98. The molecule has 6 N–H and O–H groups in total. The number of fused-ring (bicyclic) bond motifs is 4. The molecule has 4 rings (SSSR count). The molecule has 4 heterocycles. The van der Waals surface area contributed by atoms with Crippen LogP contribution in [0.4, 0.5) is 9.59 Å². The van der Waals surface area contributed by atoms with Crippen LogP contribution in [0.2, 0.25) is 0 Å². The lowest BCUT2D eigenvalue weighted by Crippen LogP contribution is -2.51. The zero-order valence-electron chi connectivity index (χ0n) is 22.7. The topological polar surface area (TPSA) is 287 Å². The van der Waals surface area contributed by atoms with Crippen molar-refractivity contribution in [3.63, 3.8) is 0 Å². The summed E-state index contributed by atoms with van der Waals surface area (Å²) in [4.78, 5) is 84.9. The van der Waals surface area contributed by atoms with Gasteiger partial charge in [0.05, 0.1) is 24.5 Å². The van der Waals surface area contributed by atoms with E-state index in [9.17, 15) is 37.2 Å². The number of urea groups is 2. The van der Waals surface area contributed by atoms with Gasteiger partial charge in [-0.05, 0) is 0 Å². The fraction of sp³-hybridized carbons (Fsp3) is 0.600. The van der Waals surface area contributed by atoms with E-state index in [0.717, 1.165) is 9.80 Å². The quantitative estimate of drug-likeness (QED) is 0.147. The molecule has 4 atom stereocenters. The number of hydrogen-bond acceptors (Lipinski definition) is 14. The summed E-state index contributed by atoms with van der Waals surface area (Å²) >= 11 is 0. The maximum atomic E-state index is 13.0. The molecule has 0 aliphatic carbocycles. The maximum Gasteiger partial charge on any atom is 0.442 e. The van der Waals surface area contributed by atoms with E-state index in [4.69, 9.17) is 29.7 Å². The monoisotopic (exact) mass is 632 g/mol. The average molecular weight is 633 g/mol. The highest BCUT2D eigenvalue weighted by Crippen LogP contribution is 2.32. The number of hydrogen-bond donors (Lipinski definition) is 4. The molecule has 4 bridgehead atoms. The molecule has 0 saturated carbocycles. The van der Waals surface area contributed by atoms with Gasteiger partial charge in [-0.15, -0.1) is 8.57 Å². The molecule has 23 heteroatoms. The van der Waals surface area contributed by atoms with Gasteiger partial charge < -0.3 is 41.6 Å². The molecule has 0 spiro atoms. The first-order valence-electron chi connectivity index (χ1n) is 12.5. The highest BCUT2D eigenvalue weighted by Gasteiger charge is 2.55. The minimum Gasteiger partial charge on any atom is -0.386 e. The van der Waals surface area contributed by atoms with Crippen LogP contribution >= 0.6 is 0 Å². The van der Waals surface area contributed by atoms with Gasteiger partial charge in [-0.2, -0.15) is 18.5 Å². The number of amides is 8. The number of piperidine rings is 2. The van der Waals surface area contributed by atoms with Crippen molar-refractivity contribution in [3.05, 3.63) is 0 Å². The molecule has 0 aromatic carbocycles. The third-order valence-electron chi connectivity index (χ3n) is 6.81. The van der Waals surface area contributed by atoms with Crippen LogP contribution in [0.5, 0.6) is 0 Å². The number of hydroxylamine groups is 4. The highest BCUT2D eigenvalue weighted by atomic mass is 32.3. The fourth-order valence-electron chi connectivity index (χ4n) is 4.66. The summed E-state index contributed by atoms with van der Waals surface area (Å²) in [6.07, 6.45) is -0.515. The largest absolute Gasteiger partial charge is 0.442 e. The molecule has 0 aromatic rings. The van der Waals surface area contributed by atoms with E-state index in [1.807, 2.05) is 0 Å². The van der Waals surface area contributed by atoms with Gasteiger partial charge in [-0.1, -0.05) is 10.3 Å². The molecule has 4 aliphatic rings. The number of oxime groups is 2. The van der Waals surface area contributed by atoms with E-state index in [0.29, 0.717) is 10.1 Å². The standard InChI is InChI=1S/C20H28N10O12S/c1-23-15(31)7-39-25-9-3-11(17(21)33)27-5-13(9)29(19(27)35)41-43(37,38)42-30-14-6-28(20(30)36)12(18(22)34)4-10(14)26-40-8-16(32)24-2/h11-14H,3-8H2,1-2H3,(H2,21,33)(H2,22,34)(H,23,31)(H,24,32)/b25-9+,26-10+/t11-,12-,13-,14-/m0/s1. The van der Waals surface area contributed by atoms with Crippen LogP contribution in [-0.4, -0.2) is 140 Å². The Balaban J connectivity index is 1.55. The van der Waals surface area contributed by atoms with E-state index in [1.165, 1.54) is 14.1 Å². The Morgan fingerprint density at radius 2 is 1.16 bits per heavy atom. The second kappa shape index (κ2) is 12.2. The second-order valence-corrected chi connectivity index (χ2v) is 10.5. The predicted molar refractivity (Wildman–Crippen MR) is 137 cm³/mol. The lowest BCUT2D eigenvalue weighted by Gasteiger charge is -2.28.